The number of benzene rings is 3. The van der Waals surface area contributed by atoms with Gasteiger partial charge in [0.05, 0.1) is 20.0 Å². The van der Waals surface area contributed by atoms with Crippen LogP contribution >= 0.6 is 11.8 Å². The van der Waals surface area contributed by atoms with Gasteiger partial charge in [0.25, 0.3) is 5.91 Å². The first-order chi connectivity index (χ1) is 20.4. The molecule has 4 rings (SSSR count). The molecule has 220 valence electrons. The van der Waals surface area contributed by atoms with E-state index in [1.165, 1.54) is 31.4 Å². The second kappa shape index (κ2) is 15.2. The highest BCUT2D eigenvalue weighted by Crippen LogP contribution is 2.27. The molecule has 1 heterocycles. The number of halogens is 2. The van der Waals surface area contributed by atoms with Gasteiger partial charge in [0.2, 0.25) is 0 Å². The second-order valence-electron chi connectivity index (χ2n) is 9.69. The van der Waals surface area contributed by atoms with Crippen LogP contribution in [0.1, 0.15) is 39.6 Å². The highest BCUT2D eigenvalue weighted by atomic mass is 32.2. The summed E-state index contributed by atoms with van der Waals surface area (Å²) in [6.45, 7) is 0.401. The number of thioether (sulfide) groups is 1. The molecule has 10 heteroatoms. The number of aromatic nitrogens is 2. The predicted molar refractivity (Wildman–Crippen MR) is 159 cm³/mol. The molecule has 1 N–H and O–H groups in total. The number of carbonyl (C=O) groups excluding carboxylic acids is 2. The number of methoxy groups -OCH3 is 1. The van der Waals surface area contributed by atoms with Crippen molar-refractivity contribution >= 4 is 23.6 Å². The normalized spacial score (nSPS) is 12.4. The summed E-state index contributed by atoms with van der Waals surface area (Å²) in [5.74, 6) is -0.530. The third-order valence-corrected chi connectivity index (χ3v) is 7.42. The molecule has 0 saturated heterocycles. The van der Waals surface area contributed by atoms with E-state index in [1.807, 2.05) is 16.9 Å². The van der Waals surface area contributed by atoms with Gasteiger partial charge in [-0.15, -0.1) is 0 Å². The molecule has 42 heavy (non-hydrogen) atoms. The summed E-state index contributed by atoms with van der Waals surface area (Å²) >= 11 is 1.56. The van der Waals surface area contributed by atoms with Crippen molar-refractivity contribution in [2.45, 2.75) is 38.0 Å². The summed E-state index contributed by atoms with van der Waals surface area (Å²) in [5, 5.41) is 2.83. The summed E-state index contributed by atoms with van der Waals surface area (Å²) in [5.41, 5.74) is 2.77. The van der Waals surface area contributed by atoms with Crippen molar-refractivity contribution in [1.29, 1.82) is 0 Å². The van der Waals surface area contributed by atoms with Gasteiger partial charge in [-0.3, -0.25) is 4.79 Å². The van der Waals surface area contributed by atoms with Crippen LogP contribution < -0.4 is 10.1 Å². The fraction of sp³-hybridized carbons (Fsp3) is 0.281. The molecule has 0 aliphatic heterocycles. The summed E-state index contributed by atoms with van der Waals surface area (Å²) in [4.78, 5) is 30.1. The lowest BCUT2D eigenvalue weighted by atomic mass is 9.98. The first-order valence-electron chi connectivity index (χ1n) is 13.5. The summed E-state index contributed by atoms with van der Waals surface area (Å²) in [6.07, 6.45) is 8.03. The van der Waals surface area contributed by atoms with Crippen molar-refractivity contribution in [3.05, 3.63) is 119 Å². The molecule has 0 saturated carbocycles. The Bertz CT molecular complexity index is 1450. The van der Waals surface area contributed by atoms with E-state index in [2.05, 4.69) is 10.3 Å². The molecule has 1 aromatic heterocycles. The maximum Gasteiger partial charge on any atom is 0.328 e. The van der Waals surface area contributed by atoms with Crippen molar-refractivity contribution in [3.63, 3.8) is 0 Å². The van der Waals surface area contributed by atoms with Crippen LogP contribution in [0.3, 0.4) is 0 Å². The quantitative estimate of drug-likeness (QED) is 0.186. The number of ether oxygens (including phenoxy) is 2. The molecule has 0 fully saturated rings. The van der Waals surface area contributed by atoms with Crippen LogP contribution in [0.5, 0.6) is 5.75 Å². The molecule has 0 radical (unpaired) electrons. The van der Waals surface area contributed by atoms with Crippen LogP contribution in [0.2, 0.25) is 0 Å². The molecule has 1 amide bonds. The molecule has 0 spiro atoms. The Morgan fingerprint density at radius 1 is 1.00 bits per heavy atom. The van der Waals surface area contributed by atoms with Crippen molar-refractivity contribution in [2.75, 3.05) is 19.1 Å². The maximum atomic E-state index is 13.7. The molecule has 3 aromatic carbocycles. The van der Waals surface area contributed by atoms with Crippen LogP contribution in [-0.4, -0.2) is 46.6 Å². The number of rotatable bonds is 14. The zero-order valence-electron chi connectivity index (χ0n) is 23.5. The summed E-state index contributed by atoms with van der Waals surface area (Å²) in [6, 6.07) is 16.8. The smallest absolute Gasteiger partial charge is 0.328 e. The van der Waals surface area contributed by atoms with E-state index in [-0.39, 0.29) is 11.6 Å². The van der Waals surface area contributed by atoms with Gasteiger partial charge in [0, 0.05) is 18.0 Å². The number of carbonyl (C=O) groups is 2. The topological polar surface area (TPSA) is 82.5 Å². The Labute approximate surface area is 248 Å². The van der Waals surface area contributed by atoms with Gasteiger partial charge < -0.3 is 19.4 Å². The molecular weight excluding hydrogens is 560 g/mol. The minimum Gasteiger partial charge on any atom is -0.484 e. The van der Waals surface area contributed by atoms with E-state index in [9.17, 15) is 18.4 Å². The van der Waals surface area contributed by atoms with Crippen LogP contribution in [0, 0.1) is 11.6 Å². The summed E-state index contributed by atoms with van der Waals surface area (Å²) in [7, 11) is 1.29. The molecule has 0 aliphatic rings. The minimum atomic E-state index is -0.808. The average molecular weight is 594 g/mol. The van der Waals surface area contributed by atoms with Gasteiger partial charge in [-0.25, -0.2) is 18.6 Å². The number of nitrogens with one attached hydrogen (secondary N) is 1. The molecule has 2 atom stereocenters. The van der Waals surface area contributed by atoms with Crippen LogP contribution in [0.4, 0.5) is 8.78 Å². The number of hydrogen-bond donors (Lipinski definition) is 1. The zero-order chi connectivity index (χ0) is 29.9. The van der Waals surface area contributed by atoms with Crippen molar-refractivity contribution in [1.82, 2.24) is 14.9 Å². The number of aryl methyl sites for hydroxylation is 2. The Kier molecular flexibility index (Phi) is 11.1. The predicted octanol–water partition coefficient (Wildman–Crippen LogP) is 5.79. The lowest BCUT2D eigenvalue weighted by Gasteiger charge is -2.22. The SMILES string of the molecule is COC(=O)[C@H](CCSC)NC(=O)c1cc(OC(Cn2ccnc2)c2ccc(F)cc2)ccc1CCc1ccc(F)cc1. The monoisotopic (exact) mass is 593 g/mol. The largest absolute Gasteiger partial charge is 0.484 e. The van der Waals surface area contributed by atoms with E-state index >= 15 is 0 Å². The Balaban J connectivity index is 1.63. The van der Waals surface area contributed by atoms with Gasteiger partial charge in [0.15, 0.2) is 0 Å². The number of imidazole rings is 1. The highest BCUT2D eigenvalue weighted by molar-refractivity contribution is 7.98. The number of nitrogens with zero attached hydrogens (tertiary/aromatic N) is 2. The fourth-order valence-electron chi connectivity index (χ4n) is 4.49. The maximum absolute atomic E-state index is 13.7. The van der Waals surface area contributed by atoms with E-state index < -0.39 is 24.0 Å². The van der Waals surface area contributed by atoms with Gasteiger partial charge in [0.1, 0.15) is 29.5 Å². The lowest BCUT2D eigenvalue weighted by Crippen LogP contribution is -2.42. The van der Waals surface area contributed by atoms with Gasteiger partial charge in [-0.2, -0.15) is 11.8 Å². The molecule has 0 aliphatic carbocycles. The Hall–Kier alpha value is -4.18. The number of amides is 1. The minimum absolute atomic E-state index is 0.314. The molecule has 0 bridgehead atoms. The number of esters is 1. The summed E-state index contributed by atoms with van der Waals surface area (Å²) < 4.78 is 40.2. The van der Waals surface area contributed by atoms with Gasteiger partial charge in [-0.1, -0.05) is 30.3 Å². The second-order valence-corrected chi connectivity index (χ2v) is 10.7. The van der Waals surface area contributed by atoms with Crippen molar-refractivity contribution < 1.29 is 27.8 Å². The van der Waals surface area contributed by atoms with Crippen LogP contribution in [0.15, 0.2) is 85.5 Å². The first kappa shape index (κ1) is 30.8. The lowest BCUT2D eigenvalue weighted by molar-refractivity contribution is -0.142. The zero-order valence-corrected chi connectivity index (χ0v) is 24.3. The average Bonchev–Trinajstić information content (AvgIpc) is 3.52. The molecular formula is C32H33F2N3O4S. The van der Waals surface area contributed by atoms with E-state index in [1.54, 1.807) is 66.9 Å². The first-order valence-corrected chi connectivity index (χ1v) is 14.9. The molecule has 4 aromatic rings. The van der Waals surface area contributed by atoms with E-state index in [0.717, 1.165) is 16.7 Å². The van der Waals surface area contributed by atoms with Crippen LogP contribution in [-0.2, 0) is 28.9 Å². The Morgan fingerprint density at radius 2 is 1.71 bits per heavy atom. The highest BCUT2D eigenvalue weighted by Gasteiger charge is 2.24. The molecule has 1 unspecified atom stereocenters. The van der Waals surface area contributed by atoms with Gasteiger partial charge >= 0.3 is 5.97 Å². The molecule has 7 nitrogen and oxygen atoms in total. The standard InChI is InChI=1S/C32H33F2N3O4S/c1-40-32(39)29(15-18-42-2)36-31(38)28-19-27(14-9-23(28)6-3-22-4-10-25(33)11-5-22)41-30(20-37-17-16-35-21-37)24-7-12-26(34)13-8-24/h4-5,7-14,16-17,19,21,29-30H,3,6,15,18,20H2,1-2H3,(H,36,38)/t29-,30?/m0/s1. The van der Waals surface area contributed by atoms with Crippen molar-refractivity contribution in [3.8, 4) is 5.75 Å². The fourth-order valence-corrected chi connectivity index (χ4v) is 4.96. The third-order valence-electron chi connectivity index (χ3n) is 6.78. The van der Waals surface area contributed by atoms with Crippen molar-refractivity contribution in [2.24, 2.45) is 0 Å². The van der Waals surface area contributed by atoms with E-state index in [4.69, 9.17) is 9.47 Å². The number of hydrogen-bond acceptors (Lipinski definition) is 6. The van der Waals surface area contributed by atoms with E-state index in [0.29, 0.717) is 42.9 Å². The third kappa shape index (κ3) is 8.66. The Morgan fingerprint density at radius 3 is 2.36 bits per heavy atom. The van der Waals surface area contributed by atoms with Gasteiger partial charge in [-0.05, 0) is 84.4 Å². The van der Waals surface area contributed by atoms with Crippen LogP contribution in [0.25, 0.3) is 0 Å².